The van der Waals surface area contributed by atoms with Crippen molar-refractivity contribution in [1.82, 2.24) is 9.66 Å². The smallest absolute Gasteiger partial charge is 0.282 e. The molecule has 0 saturated heterocycles. The second kappa shape index (κ2) is 8.37. The van der Waals surface area contributed by atoms with Crippen LogP contribution in [0.2, 0.25) is 0 Å². The van der Waals surface area contributed by atoms with Crippen molar-refractivity contribution in [3.05, 3.63) is 61.2 Å². The maximum Gasteiger partial charge on any atom is 0.282 e. The highest BCUT2D eigenvalue weighted by atomic mass is 32.2. The number of nitrogens with zero attached hydrogens (tertiary/aromatic N) is 1. The fourth-order valence-corrected chi connectivity index (χ4v) is 4.99. The minimum Gasteiger partial charge on any atom is -0.322 e. The molecule has 1 amide bonds. The highest BCUT2D eigenvalue weighted by Gasteiger charge is 2.15. The summed E-state index contributed by atoms with van der Waals surface area (Å²) in [7, 11) is 0. The number of aryl methyl sites for hydroxylation is 2. The molecular weight excluding hydrogens is 405 g/mol. The van der Waals surface area contributed by atoms with Crippen LogP contribution in [0.4, 0.5) is 4.39 Å². The Bertz CT molecular complexity index is 1100. The van der Waals surface area contributed by atoms with Crippen molar-refractivity contribution >= 4 is 51.4 Å². The number of hydrogen-bond donors (Lipinski definition) is 2. The van der Waals surface area contributed by atoms with E-state index < -0.39 is 0 Å². The fourth-order valence-electron chi connectivity index (χ4n) is 2.78. The van der Waals surface area contributed by atoms with Gasteiger partial charge >= 0.3 is 0 Å². The number of fused-ring (bicyclic) bond motifs is 1. The van der Waals surface area contributed by atoms with Gasteiger partial charge in [0.2, 0.25) is 10.7 Å². The van der Waals surface area contributed by atoms with Crippen LogP contribution in [0.15, 0.2) is 29.1 Å². The van der Waals surface area contributed by atoms with Crippen molar-refractivity contribution in [3.8, 4) is 0 Å². The van der Waals surface area contributed by atoms with Crippen LogP contribution in [-0.4, -0.2) is 21.3 Å². The molecule has 2 heterocycles. The lowest BCUT2D eigenvalue weighted by atomic mass is 10.1. The molecule has 0 atom stereocenters. The number of amides is 1. The van der Waals surface area contributed by atoms with E-state index in [0.717, 1.165) is 31.9 Å². The summed E-state index contributed by atoms with van der Waals surface area (Å²) in [5.41, 5.74) is 4.16. The molecule has 9 heteroatoms. The van der Waals surface area contributed by atoms with Gasteiger partial charge in [-0.25, -0.2) is 4.39 Å². The van der Waals surface area contributed by atoms with Crippen LogP contribution in [-0.2, 0) is 17.0 Å². The maximum atomic E-state index is 12.9. The van der Waals surface area contributed by atoms with E-state index in [4.69, 9.17) is 12.2 Å². The molecule has 0 aliphatic carbocycles. The predicted molar refractivity (Wildman–Crippen MR) is 112 cm³/mol. The second-order valence-corrected chi connectivity index (χ2v) is 8.52. The average molecular weight is 424 g/mol. The number of thioether (sulfide) groups is 1. The molecule has 0 aliphatic heterocycles. The van der Waals surface area contributed by atoms with Gasteiger partial charge in [0.1, 0.15) is 10.6 Å². The van der Waals surface area contributed by atoms with Crippen molar-refractivity contribution in [2.24, 2.45) is 0 Å². The van der Waals surface area contributed by atoms with E-state index in [1.807, 2.05) is 13.8 Å². The Morgan fingerprint density at radius 1 is 1.37 bits per heavy atom. The molecule has 0 radical (unpaired) electrons. The third kappa shape index (κ3) is 4.31. The minimum absolute atomic E-state index is 0.153. The molecule has 0 bridgehead atoms. The lowest BCUT2D eigenvalue weighted by Gasteiger charge is -2.09. The largest absolute Gasteiger partial charge is 0.322 e. The topological polar surface area (TPSA) is 66.9 Å². The minimum atomic E-state index is -0.326. The normalized spacial score (nSPS) is 11.1. The van der Waals surface area contributed by atoms with Gasteiger partial charge in [-0.3, -0.25) is 15.0 Å². The summed E-state index contributed by atoms with van der Waals surface area (Å²) in [5, 5.41) is 0.577. The highest BCUT2D eigenvalue weighted by molar-refractivity contribution is 7.99. The van der Waals surface area contributed by atoms with E-state index in [0.29, 0.717) is 11.1 Å². The average Bonchev–Trinajstić information content (AvgIpc) is 2.95. The number of aromatic nitrogens is 2. The van der Waals surface area contributed by atoms with Crippen LogP contribution < -0.4 is 11.0 Å². The Morgan fingerprint density at radius 2 is 2.07 bits per heavy atom. The van der Waals surface area contributed by atoms with E-state index in [9.17, 15) is 14.0 Å². The van der Waals surface area contributed by atoms with Crippen molar-refractivity contribution in [2.45, 2.75) is 26.0 Å². The third-order valence-electron chi connectivity index (χ3n) is 4.05. The van der Waals surface area contributed by atoms with Gasteiger partial charge in [-0.15, -0.1) is 23.1 Å². The molecule has 1 aromatic carbocycles. The zero-order valence-corrected chi connectivity index (χ0v) is 17.2. The molecule has 142 valence electrons. The van der Waals surface area contributed by atoms with Crippen molar-refractivity contribution in [1.29, 1.82) is 0 Å². The van der Waals surface area contributed by atoms with Gasteiger partial charge in [0, 0.05) is 10.6 Å². The van der Waals surface area contributed by atoms with Crippen molar-refractivity contribution in [3.63, 3.8) is 0 Å². The molecule has 3 aromatic rings. The Labute approximate surface area is 168 Å². The number of halogens is 1. The van der Waals surface area contributed by atoms with Crippen LogP contribution >= 0.6 is 35.3 Å². The number of hydrogen-bond acceptors (Lipinski definition) is 5. The van der Waals surface area contributed by atoms with Crippen LogP contribution in [0, 0.1) is 17.5 Å². The standard InChI is InChI=1S/C18H18FN3O2S3/c1-3-13-10(2)27-16-15(13)17(24)22(18(25)20-16)21-14(23)9-26-8-11-4-6-12(19)7-5-11/h4-7H,3,8-9H2,1-2H3,(H,20,25)(H,21,23). The molecule has 2 N–H and O–H groups in total. The molecule has 0 saturated carbocycles. The second-order valence-electron chi connectivity index (χ2n) is 5.92. The molecule has 0 fully saturated rings. The number of carbonyl (C=O) groups excluding carboxylic acids is 1. The SMILES string of the molecule is CCc1c(C)sc2[nH]c(=S)n(NC(=O)CSCc3ccc(F)cc3)c(=O)c12. The van der Waals surface area contributed by atoms with E-state index in [1.54, 1.807) is 12.1 Å². The molecular formula is C18H18FN3O2S3. The zero-order chi connectivity index (χ0) is 19.6. The van der Waals surface area contributed by atoms with Gasteiger partial charge in [0.15, 0.2) is 0 Å². The van der Waals surface area contributed by atoms with Crippen LogP contribution in [0.1, 0.15) is 22.9 Å². The number of aromatic amines is 1. The van der Waals surface area contributed by atoms with Gasteiger partial charge in [0.25, 0.3) is 5.56 Å². The zero-order valence-electron chi connectivity index (χ0n) is 14.8. The maximum absolute atomic E-state index is 12.9. The summed E-state index contributed by atoms with van der Waals surface area (Å²) in [5.74, 6) is 0.103. The summed E-state index contributed by atoms with van der Waals surface area (Å²) in [6.45, 7) is 3.96. The van der Waals surface area contributed by atoms with E-state index in [2.05, 4.69) is 10.4 Å². The first-order chi connectivity index (χ1) is 12.9. The van der Waals surface area contributed by atoms with E-state index in [-0.39, 0.29) is 27.8 Å². The lowest BCUT2D eigenvalue weighted by Crippen LogP contribution is -2.35. The number of rotatable bonds is 6. The van der Waals surface area contributed by atoms with Gasteiger partial charge in [-0.05, 0) is 48.8 Å². The molecule has 0 spiro atoms. The van der Waals surface area contributed by atoms with Crippen molar-refractivity contribution < 1.29 is 9.18 Å². The predicted octanol–water partition coefficient (Wildman–Crippen LogP) is 4.13. The third-order valence-corrected chi connectivity index (χ3v) is 6.41. The Balaban J connectivity index is 1.73. The summed E-state index contributed by atoms with van der Waals surface area (Å²) < 4.78 is 14.2. The number of H-pyrrole nitrogens is 1. The first-order valence-electron chi connectivity index (χ1n) is 8.30. The summed E-state index contributed by atoms with van der Waals surface area (Å²) >= 11 is 8.10. The number of thiophene rings is 1. The number of carbonyl (C=O) groups is 1. The monoisotopic (exact) mass is 423 g/mol. The highest BCUT2D eigenvalue weighted by Crippen LogP contribution is 2.27. The number of benzene rings is 1. The Hall–Kier alpha value is -1.97. The van der Waals surface area contributed by atoms with Gasteiger partial charge in [0.05, 0.1) is 11.1 Å². The molecule has 2 aromatic heterocycles. The van der Waals surface area contributed by atoms with Crippen LogP contribution in [0.5, 0.6) is 0 Å². The van der Waals surface area contributed by atoms with E-state index >= 15 is 0 Å². The summed E-state index contributed by atoms with van der Waals surface area (Å²) in [4.78, 5) is 29.9. The van der Waals surface area contributed by atoms with Crippen LogP contribution in [0.25, 0.3) is 10.2 Å². The van der Waals surface area contributed by atoms with Gasteiger partial charge in [-0.2, -0.15) is 4.68 Å². The first kappa shape index (κ1) is 19.8. The number of nitrogens with one attached hydrogen (secondary N) is 2. The van der Waals surface area contributed by atoms with Gasteiger partial charge < -0.3 is 4.98 Å². The molecule has 0 aliphatic rings. The summed E-state index contributed by atoms with van der Waals surface area (Å²) in [6.07, 6.45) is 0.729. The lowest BCUT2D eigenvalue weighted by molar-refractivity contribution is -0.114. The Morgan fingerprint density at radius 3 is 2.74 bits per heavy atom. The van der Waals surface area contributed by atoms with Crippen molar-refractivity contribution in [2.75, 3.05) is 11.2 Å². The Kier molecular flexibility index (Phi) is 6.13. The first-order valence-corrected chi connectivity index (χ1v) is 10.7. The summed E-state index contributed by atoms with van der Waals surface area (Å²) in [6, 6.07) is 6.14. The van der Waals surface area contributed by atoms with Gasteiger partial charge in [-0.1, -0.05) is 19.1 Å². The molecule has 27 heavy (non-hydrogen) atoms. The molecule has 3 rings (SSSR count). The fraction of sp³-hybridized carbons (Fsp3) is 0.278. The molecule has 0 unspecified atom stereocenters. The quantitative estimate of drug-likeness (QED) is 0.585. The van der Waals surface area contributed by atoms with E-state index in [1.165, 1.54) is 35.2 Å². The molecule has 5 nitrogen and oxygen atoms in total. The van der Waals surface area contributed by atoms with Crippen LogP contribution in [0.3, 0.4) is 0 Å².